The van der Waals surface area contributed by atoms with Gasteiger partial charge in [0.05, 0.1) is 0 Å². The molecule has 0 aliphatic heterocycles. The minimum atomic E-state index is 0.214. The number of benzene rings is 4. The fourth-order valence-electron chi connectivity index (χ4n) is 3.41. The average molecular weight is 416 g/mol. The van der Waals surface area contributed by atoms with E-state index in [1.165, 1.54) is 0 Å². The van der Waals surface area contributed by atoms with Crippen LogP contribution in [0.25, 0.3) is 44.5 Å². The molecule has 27 heavy (non-hydrogen) atoms. The fourth-order valence-corrected chi connectivity index (χ4v) is 3.77. The number of halogens is 1. The summed E-state index contributed by atoms with van der Waals surface area (Å²) in [5, 5.41) is 12.7. The molecule has 0 fully saturated rings. The summed E-state index contributed by atoms with van der Waals surface area (Å²) in [5.74, 6) is 0.782. The predicted octanol–water partition coefficient (Wildman–Crippen LogP) is 6.78. The Morgan fingerprint density at radius 2 is 1.67 bits per heavy atom. The highest BCUT2D eigenvalue weighted by Gasteiger charge is 2.17. The van der Waals surface area contributed by atoms with Gasteiger partial charge in [0.1, 0.15) is 11.3 Å². The molecule has 4 aromatic carbocycles. The van der Waals surface area contributed by atoms with E-state index < -0.39 is 0 Å². The van der Waals surface area contributed by atoms with Gasteiger partial charge in [-0.25, -0.2) is 4.98 Å². The second kappa shape index (κ2) is 6.25. The standard InChI is InChI=1S/C23H14BrNO2/c24-16-11-9-14-10-12-20(26)21(18(14)13-16)17-7-4-8-19-22(17)27-23(25-19)15-5-2-1-3-6-15/h1-13,26H. The van der Waals surface area contributed by atoms with E-state index in [0.717, 1.165) is 37.5 Å². The first-order valence-electron chi connectivity index (χ1n) is 8.57. The molecule has 130 valence electrons. The summed E-state index contributed by atoms with van der Waals surface area (Å²) in [6.45, 7) is 0. The average Bonchev–Trinajstić information content (AvgIpc) is 3.13. The van der Waals surface area contributed by atoms with Gasteiger partial charge in [-0.05, 0) is 47.2 Å². The highest BCUT2D eigenvalue weighted by Crippen LogP contribution is 2.41. The highest BCUT2D eigenvalue weighted by atomic mass is 79.9. The van der Waals surface area contributed by atoms with Gasteiger partial charge in [-0.1, -0.05) is 58.4 Å². The van der Waals surface area contributed by atoms with Gasteiger partial charge < -0.3 is 9.52 Å². The van der Waals surface area contributed by atoms with Crippen molar-refractivity contribution in [1.29, 1.82) is 0 Å². The monoisotopic (exact) mass is 415 g/mol. The van der Waals surface area contributed by atoms with E-state index in [9.17, 15) is 5.11 Å². The molecular weight excluding hydrogens is 402 g/mol. The second-order valence-electron chi connectivity index (χ2n) is 6.36. The van der Waals surface area contributed by atoms with Crippen molar-refractivity contribution in [3.05, 3.63) is 83.3 Å². The Bertz CT molecular complexity index is 1290. The van der Waals surface area contributed by atoms with Crippen LogP contribution in [0.15, 0.2) is 87.8 Å². The van der Waals surface area contributed by atoms with Gasteiger partial charge in [-0.15, -0.1) is 0 Å². The van der Waals surface area contributed by atoms with Crippen LogP contribution in [0.4, 0.5) is 0 Å². The Balaban J connectivity index is 1.82. The van der Waals surface area contributed by atoms with Gasteiger partial charge in [0.25, 0.3) is 0 Å². The van der Waals surface area contributed by atoms with Crippen LogP contribution in [0.5, 0.6) is 5.75 Å². The van der Waals surface area contributed by atoms with Gasteiger partial charge in [0.2, 0.25) is 5.89 Å². The van der Waals surface area contributed by atoms with E-state index in [2.05, 4.69) is 20.9 Å². The van der Waals surface area contributed by atoms with Gasteiger partial charge in [0, 0.05) is 21.2 Å². The Morgan fingerprint density at radius 1 is 0.852 bits per heavy atom. The second-order valence-corrected chi connectivity index (χ2v) is 7.28. The zero-order valence-corrected chi connectivity index (χ0v) is 15.8. The van der Waals surface area contributed by atoms with E-state index in [1.54, 1.807) is 6.07 Å². The minimum absolute atomic E-state index is 0.214. The number of aromatic nitrogens is 1. The van der Waals surface area contributed by atoms with Crippen LogP contribution >= 0.6 is 15.9 Å². The van der Waals surface area contributed by atoms with Crippen LogP contribution in [-0.2, 0) is 0 Å². The minimum Gasteiger partial charge on any atom is -0.507 e. The largest absolute Gasteiger partial charge is 0.507 e. The zero-order chi connectivity index (χ0) is 18.4. The summed E-state index contributed by atoms with van der Waals surface area (Å²) in [6, 6.07) is 25.3. The third-order valence-corrected chi connectivity index (χ3v) is 5.16. The van der Waals surface area contributed by atoms with E-state index in [4.69, 9.17) is 4.42 Å². The molecule has 0 bridgehead atoms. The Hall–Kier alpha value is -3.11. The van der Waals surface area contributed by atoms with Crippen molar-refractivity contribution < 1.29 is 9.52 Å². The Kier molecular flexibility index (Phi) is 3.73. The summed E-state index contributed by atoms with van der Waals surface area (Å²) in [6.07, 6.45) is 0. The topological polar surface area (TPSA) is 46.3 Å². The molecule has 0 spiro atoms. The maximum absolute atomic E-state index is 10.7. The SMILES string of the molecule is Oc1ccc2ccc(Br)cc2c1-c1cccc2nc(-c3ccccc3)oc12. The molecule has 5 rings (SSSR count). The predicted molar refractivity (Wildman–Crippen MR) is 112 cm³/mol. The Morgan fingerprint density at radius 3 is 2.52 bits per heavy atom. The molecule has 1 heterocycles. The summed E-state index contributed by atoms with van der Waals surface area (Å²) >= 11 is 3.53. The summed E-state index contributed by atoms with van der Waals surface area (Å²) in [4.78, 5) is 4.64. The molecule has 3 nitrogen and oxygen atoms in total. The normalized spacial score (nSPS) is 11.3. The summed E-state index contributed by atoms with van der Waals surface area (Å²) < 4.78 is 7.10. The first-order valence-corrected chi connectivity index (χ1v) is 9.36. The van der Waals surface area contributed by atoms with Crippen molar-refractivity contribution in [2.45, 2.75) is 0 Å². The molecular formula is C23H14BrNO2. The summed E-state index contributed by atoms with van der Waals surface area (Å²) in [5.41, 5.74) is 3.92. The molecule has 1 aromatic heterocycles. The number of hydrogen-bond donors (Lipinski definition) is 1. The molecule has 0 unspecified atom stereocenters. The van der Waals surface area contributed by atoms with Crippen molar-refractivity contribution >= 4 is 37.8 Å². The number of fused-ring (bicyclic) bond motifs is 2. The van der Waals surface area contributed by atoms with Crippen LogP contribution in [0.3, 0.4) is 0 Å². The van der Waals surface area contributed by atoms with Crippen LogP contribution < -0.4 is 0 Å². The number of nitrogens with zero attached hydrogens (tertiary/aromatic N) is 1. The van der Waals surface area contributed by atoms with Gasteiger partial charge in [-0.3, -0.25) is 0 Å². The maximum Gasteiger partial charge on any atom is 0.227 e. The van der Waals surface area contributed by atoms with E-state index in [0.29, 0.717) is 11.5 Å². The number of phenols is 1. The first-order chi connectivity index (χ1) is 13.2. The first kappa shape index (κ1) is 16.1. The number of phenolic OH excluding ortho intramolecular Hbond substituents is 1. The lowest BCUT2D eigenvalue weighted by atomic mass is 9.96. The number of aromatic hydroxyl groups is 1. The molecule has 0 saturated heterocycles. The van der Waals surface area contributed by atoms with Crippen LogP contribution in [0.1, 0.15) is 0 Å². The van der Waals surface area contributed by atoms with Crippen molar-refractivity contribution in [2.24, 2.45) is 0 Å². The van der Waals surface area contributed by atoms with E-state index in [-0.39, 0.29) is 5.75 Å². The lowest BCUT2D eigenvalue weighted by Gasteiger charge is -2.10. The number of rotatable bonds is 2. The Labute approximate surface area is 164 Å². The number of hydrogen-bond acceptors (Lipinski definition) is 3. The van der Waals surface area contributed by atoms with Gasteiger partial charge >= 0.3 is 0 Å². The van der Waals surface area contributed by atoms with Gasteiger partial charge in [-0.2, -0.15) is 0 Å². The van der Waals surface area contributed by atoms with Gasteiger partial charge in [0.15, 0.2) is 5.58 Å². The molecule has 0 atom stereocenters. The highest BCUT2D eigenvalue weighted by molar-refractivity contribution is 9.10. The van der Waals surface area contributed by atoms with Crippen LogP contribution in [0, 0.1) is 0 Å². The van der Waals surface area contributed by atoms with Crippen molar-refractivity contribution in [1.82, 2.24) is 4.98 Å². The number of oxazole rings is 1. The smallest absolute Gasteiger partial charge is 0.227 e. The molecule has 1 N–H and O–H groups in total. The molecule has 0 saturated carbocycles. The molecule has 0 radical (unpaired) electrons. The molecule has 5 aromatic rings. The van der Waals surface area contributed by atoms with Crippen molar-refractivity contribution in [2.75, 3.05) is 0 Å². The third-order valence-electron chi connectivity index (χ3n) is 4.67. The summed E-state index contributed by atoms with van der Waals surface area (Å²) in [7, 11) is 0. The van der Waals surface area contributed by atoms with Crippen LogP contribution in [-0.4, -0.2) is 10.1 Å². The quantitative estimate of drug-likeness (QED) is 0.345. The zero-order valence-electron chi connectivity index (χ0n) is 14.2. The van der Waals surface area contributed by atoms with Crippen molar-refractivity contribution in [3.63, 3.8) is 0 Å². The lowest BCUT2D eigenvalue weighted by Crippen LogP contribution is -1.84. The molecule has 0 aliphatic carbocycles. The third kappa shape index (κ3) is 2.69. The molecule has 4 heteroatoms. The van der Waals surface area contributed by atoms with Crippen molar-refractivity contribution in [3.8, 4) is 28.3 Å². The molecule has 0 amide bonds. The van der Waals surface area contributed by atoms with E-state index in [1.807, 2.05) is 72.8 Å². The van der Waals surface area contributed by atoms with Crippen LogP contribution in [0.2, 0.25) is 0 Å². The lowest BCUT2D eigenvalue weighted by molar-refractivity contribution is 0.478. The van der Waals surface area contributed by atoms with E-state index >= 15 is 0 Å². The number of para-hydroxylation sites is 1. The molecule has 0 aliphatic rings. The maximum atomic E-state index is 10.7. The fraction of sp³-hybridized carbons (Fsp3) is 0.